The molecule has 1 heterocycles. The molecule has 0 fully saturated rings. The lowest BCUT2D eigenvalue weighted by atomic mass is 10.0. The second-order valence-corrected chi connectivity index (χ2v) is 8.01. The minimum absolute atomic E-state index is 0.0665. The smallest absolute Gasteiger partial charge is 0.240 e. The molecule has 140 valence electrons. The third kappa shape index (κ3) is 3.62. The first kappa shape index (κ1) is 17.8. The van der Waals surface area contributed by atoms with Crippen molar-refractivity contribution >= 4 is 20.8 Å². The van der Waals surface area contributed by atoms with E-state index < -0.39 is 16.1 Å². The molecule has 6 nitrogen and oxygen atoms in total. The molecule has 27 heavy (non-hydrogen) atoms. The Kier molecular flexibility index (Phi) is 4.73. The fraction of sp³-hybridized carbons (Fsp3) is 0.200. The van der Waals surface area contributed by atoms with Crippen LogP contribution in [0.4, 0.5) is 0 Å². The van der Waals surface area contributed by atoms with Crippen LogP contribution >= 0.6 is 0 Å². The Morgan fingerprint density at radius 1 is 0.963 bits per heavy atom. The van der Waals surface area contributed by atoms with Gasteiger partial charge in [0.25, 0.3) is 0 Å². The van der Waals surface area contributed by atoms with Crippen LogP contribution in [0, 0.1) is 0 Å². The number of hydrogen-bond donors (Lipinski definition) is 2. The number of hydrogen-bond acceptors (Lipinski definition) is 5. The molecule has 1 atom stereocenters. The average molecular weight is 385 g/mol. The van der Waals surface area contributed by atoms with Gasteiger partial charge in [0.1, 0.15) is 13.2 Å². The standard InChI is InChI=1S/C20H19NO5S/c22-18(17-7-3-5-14-4-1-2-6-16(14)17)13-21-27(23,24)15-8-9-19-20(12-15)26-11-10-25-19/h1-9,12,18,21-22H,10-11,13H2. The number of rotatable bonds is 5. The molecule has 0 saturated carbocycles. The van der Waals surface area contributed by atoms with Gasteiger partial charge in [0.15, 0.2) is 11.5 Å². The van der Waals surface area contributed by atoms with Crippen molar-refractivity contribution in [2.75, 3.05) is 19.8 Å². The molecule has 1 aliphatic heterocycles. The molecule has 2 N–H and O–H groups in total. The lowest BCUT2D eigenvalue weighted by Gasteiger charge is -2.19. The van der Waals surface area contributed by atoms with E-state index in [4.69, 9.17) is 9.47 Å². The lowest BCUT2D eigenvalue weighted by Crippen LogP contribution is -2.28. The number of aliphatic hydroxyl groups excluding tert-OH is 1. The normalized spacial score (nSPS) is 14.9. The maximum atomic E-state index is 12.6. The van der Waals surface area contributed by atoms with Crippen molar-refractivity contribution in [3.63, 3.8) is 0 Å². The van der Waals surface area contributed by atoms with Crippen LogP contribution in [-0.4, -0.2) is 33.3 Å². The molecule has 0 aliphatic carbocycles. The van der Waals surface area contributed by atoms with Crippen molar-refractivity contribution in [1.82, 2.24) is 4.72 Å². The average Bonchev–Trinajstić information content (AvgIpc) is 2.71. The van der Waals surface area contributed by atoms with Gasteiger partial charge in [0, 0.05) is 12.6 Å². The van der Waals surface area contributed by atoms with Gasteiger partial charge in [-0.1, -0.05) is 42.5 Å². The third-order valence-corrected chi connectivity index (χ3v) is 5.89. The van der Waals surface area contributed by atoms with E-state index in [0.29, 0.717) is 30.3 Å². The van der Waals surface area contributed by atoms with E-state index in [0.717, 1.165) is 10.8 Å². The molecule has 0 saturated heterocycles. The van der Waals surface area contributed by atoms with E-state index in [1.807, 2.05) is 36.4 Å². The van der Waals surface area contributed by atoms with Gasteiger partial charge in [-0.3, -0.25) is 0 Å². The van der Waals surface area contributed by atoms with E-state index in [2.05, 4.69) is 4.72 Å². The molecule has 1 aliphatic rings. The molecule has 0 radical (unpaired) electrons. The molecule has 0 spiro atoms. The number of benzene rings is 3. The Bertz CT molecular complexity index is 1080. The quantitative estimate of drug-likeness (QED) is 0.705. The minimum atomic E-state index is -3.80. The minimum Gasteiger partial charge on any atom is -0.486 e. The van der Waals surface area contributed by atoms with Crippen molar-refractivity contribution in [3.8, 4) is 11.5 Å². The zero-order chi connectivity index (χ0) is 18.9. The highest BCUT2D eigenvalue weighted by atomic mass is 32.2. The van der Waals surface area contributed by atoms with Gasteiger partial charge in [-0.15, -0.1) is 0 Å². The van der Waals surface area contributed by atoms with E-state index in [1.165, 1.54) is 12.1 Å². The van der Waals surface area contributed by atoms with Crippen molar-refractivity contribution in [2.45, 2.75) is 11.0 Å². The number of ether oxygens (including phenoxy) is 2. The summed E-state index contributed by atoms with van der Waals surface area (Å²) in [4.78, 5) is 0.0665. The van der Waals surface area contributed by atoms with E-state index in [-0.39, 0.29) is 11.4 Å². The zero-order valence-electron chi connectivity index (χ0n) is 14.5. The Morgan fingerprint density at radius 3 is 2.56 bits per heavy atom. The van der Waals surface area contributed by atoms with Crippen molar-refractivity contribution in [1.29, 1.82) is 0 Å². The number of fused-ring (bicyclic) bond motifs is 2. The molecule has 1 unspecified atom stereocenters. The second-order valence-electron chi connectivity index (χ2n) is 6.24. The van der Waals surface area contributed by atoms with Crippen molar-refractivity contribution in [3.05, 3.63) is 66.2 Å². The molecule has 3 aromatic rings. The Hall–Kier alpha value is -2.61. The number of nitrogens with one attached hydrogen (secondary N) is 1. The number of sulfonamides is 1. The van der Waals surface area contributed by atoms with Crippen LogP contribution in [0.25, 0.3) is 10.8 Å². The van der Waals surface area contributed by atoms with Crippen LogP contribution in [0.1, 0.15) is 11.7 Å². The summed E-state index contributed by atoms with van der Waals surface area (Å²) in [5.74, 6) is 0.926. The monoisotopic (exact) mass is 385 g/mol. The highest BCUT2D eigenvalue weighted by Gasteiger charge is 2.21. The Balaban J connectivity index is 1.53. The Labute approximate surface area is 157 Å². The first-order valence-electron chi connectivity index (χ1n) is 8.60. The molecule has 3 aromatic carbocycles. The zero-order valence-corrected chi connectivity index (χ0v) is 15.3. The SMILES string of the molecule is O=S(=O)(NCC(O)c1cccc2ccccc12)c1ccc2c(c1)OCCO2. The maximum Gasteiger partial charge on any atom is 0.240 e. The van der Waals surface area contributed by atoms with E-state index >= 15 is 0 Å². The molecule has 0 bridgehead atoms. The van der Waals surface area contributed by atoms with Gasteiger partial charge in [-0.2, -0.15) is 0 Å². The highest BCUT2D eigenvalue weighted by molar-refractivity contribution is 7.89. The van der Waals surface area contributed by atoms with Crippen molar-refractivity contribution in [2.24, 2.45) is 0 Å². The maximum absolute atomic E-state index is 12.6. The van der Waals surface area contributed by atoms with Crippen molar-refractivity contribution < 1.29 is 23.0 Å². The van der Waals surface area contributed by atoms with Crippen LogP contribution < -0.4 is 14.2 Å². The molecular weight excluding hydrogens is 366 g/mol. The highest BCUT2D eigenvalue weighted by Crippen LogP contribution is 2.32. The third-order valence-electron chi connectivity index (χ3n) is 4.47. The van der Waals surface area contributed by atoms with Gasteiger partial charge in [0.2, 0.25) is 10.0 Å². The first-order chi connectivity index (χ1) is 13.0. The number of aliphatic hydroxyl groups is 1. The molecule has 4 rings (SSSR count). The topological polar surface area (TPSA) is 84.9 Å². The summed E-state index contributed by atoms with van der Waals surface area (Å²) in [6.45, 7) is 0.684. The largest absolute Gasteiger partial charge is 0.486 e. The van der Waals surface area contributed by atoms with Crippen LogP contribution in [-0.2, 0) is 10.0 Å². The van der Waals surface area contributed by atoms with Gasteiger partial charge in [0.05, 0.1) is 11.0 Å². The molecule has 7 heteroatoms. The summed E-state index contributed by atoms with van der Waals surface area (Å²) in [5.41, 5.74) is 0.679. The summed E-state index contributed by atoms with van der Waals surface area (Å²) in [7, 11) is -3.80. The Morgan fingerprint density at radius 2 is 1.70 bits per heavy atom. The molecular formula is C20H19NO5S. The summed E-state index contributed by atoms with van der Waals surface area (Å²) in [6.07, 6.45) is -0.969. The first-order valence-corrected chi connectivity index (χ1v) is 10.1. The predicted octanol–water partition coefficient (Wildman–Crippen LogP) is 2.62. The van der Waals surface area contributed by atoms with Crippen LogP contribution in [0.5, 0.6) is 11.5 Å². The van der Waals surface area contributed by atoms with E-state index in [9.17, 15) is 13.5 Å². The summed E-state index contributed by atoms with van der Waals surface area (Å²) < 4.78 is 38.5. The van der Waals surface area contributed by atoms with Gasteiger partial charge in [-0.25, -0.2) is 13.1 Å². The van der Waals surface area contributed by atoms with Gasteiger partial charge >= 0.3 is 0 Å². The van der Waals surface area contributed by atoms with E-state index in [1.54, 1.807) is 12.1 Å². The molecule has 0 amide bonds. The summed E-state index contributed by atoms with van der Waals surface area (Å²) >= 11 is 0. The lowest BCUT2D eigenvalue weighted by molar-refractivity contribution is 0.171. The fourth-order valence-electron chi connectivity index (χ4n) is 3.11. The summed E-state index contributed by atoms with van der Waals surface area (Å²) in [5, 5.41) is 12.4. The van der Waals surface area contributed by atoms with Gasteiger partial charge in [-0.05, 0) is 28.5 Å². The van der Waals surface area contributed by atoms with Crippen LogP contribution in [0.3, 0.4) is 0 Å². The fourth-order valence-corrected chi connectivity index (χ4v) is 4.17. The molecule has 0 aromatic heterocycles. The second kappa shape index (κ2) is 7.19. The van der Waals surface area contributed by atoms with Crippen LogP contribution in [0.15, 0.2) is 65.6 Å². The van der Waals surface area contributed by atoms with Crippen LogP contribution in [0.2, 0.25) is 0 Å². The predicted molar refractivity (Wildman–Crippen MR) is 102 cm³/mol. The van der Waals surface area contributed by atoms with Gasteiger partial charge < -0.3 is 14.6 Å². The summed E-state index contributed by atoms with van der Waals surface area (Å²) in [6, 6.07) is 17.7.